The maximum absolute atomic E-state index is 3.58. The van der Waals surface area contributed by atoms with Gasteiger partial charge in [-0.05, 0) is 42.0 Å². The molecule has 1 aromatic rings. The van der Waals surface area contributed by atoms with E-state index in [-0.39, 0.29) is 0 Å². The van der Waals surface area contributed by atoms with Crippen LogP contribution in [0.2, 0.25) is 0 Å². The number of nitrogens with one attached hydrogen (secondary N) is 1. The van der Waals surface area contributed by atoms with Gasteiger partial charge in [0.2, 0.25) is 0 Å². The Labute approximate surface area is 119 Å². The Morgan fingerprint density at radius 1 is 1.00 bits per heavy atom. The van der Waals surface area contributed by atoms with Gasteiger partial charge in [-0.1, -0.05) is 65.2 Å². The van der Waals surface area contributed by atoms with E-state index in [1.165, 1.54) is 42.4 Å². The molecule has 0 saturated carbocycles. The molecule has 1 heteroatoms. The van der Waals surface area contributed by atoms with E-state index < -0.39 is 0 Å². The summed E-state index contributed by atoms with van der Waals surface area (Å²) in [6.45, 7) is 11.2. The minimum Gasteiger partial charge on any atom is -0.313 e. The van der Waals surface area contributed by atoms with Crippen molar-refractivity contribution in [3.8, 4) is 0 Å². The van der Waals surface area contributed by atoms with Crippen LogP contribution >= 0.6 is 0 Å². The first-order valence-electron chi connectivity index (χ1n) is 8.01. The quantitative estimate of drug-likeness (QED) is 0.614. The average molecular weight is 261 g/mol. The molecule has 0 atom stereocenters. The van der Waals surface area contributed by atoms with Crippen molar-refractivity contribution in [2.75, 3.05) is 6.54 Å². The molecule has 0 spiro atoms. The lowest BCUT2D eigenvalue weighted by molar-refractivity contribution is 0.596. The van der Waals surface area contributed by atoms with Gasteiger partial charge in [-0.25, -0.2) is 0 Å². The monoisotopic (exact) mass is 261 g/mol. The van der Waals surface area contributed by atoms with Crippen molar-refractivity contribution in [1.29, 1.82) is 0 Å². The van der Waals surface area contributed by atoms with E-state index in [4.69, 9.17) is 0 Å². The van der Waals surface area contributed by atoms with E-state index in [0.717, 1.165) is 19.5 Å². The third-order valence-electron chi connectivity index (χ3n) is 3.80. The molecule has 1 aromatic carbocycles. The molecule has 108 valence electrons. The van der Waals surface area contributed by atoms with Crippen LogP contribution in [0.4, 0.5) is 0 Å². The first kappa shape index (κ1) is 16.2. The summed E-state index contributed by atoms with van der Waals surface area (Å²) in [4.78, 5) is 0. The summed E-state index contributed by atoms with van der Waals surface area (Å²) >= 11 is 0. The lowest BCUT2D eigenvalue weighted by Gasteiger charge is -2.13. The maximum Gasteiger partial charge on any atom is 0.0208 e. The minimum atomic E-state index is 0.626. The second-order valence-corrected chi connectivity index (χ2v) is 5.77. The minimum absolute atomic E-state index is 0.626. The summed E-state index contributed by atoms with van der Waals surface area (Å²) in [5, 5.41) is 3.58. The second kappa shape index (κ2) is 9.14. The Bertz CT molecular complexity index is 355. The van der Waals surface area contributed by atoms with Gasteiger partial charge in [-0.15, -0.1) is 0 Å². The third-order valence-corrected chi connectivity index (χ3v) is 3.80. The van der Waals surface area contributed by atoms with Crippen molar-refractivity contribution >= 4 is 0 Å². The first-order chi connectivity index (χ1) is 9.19. The molecule has 0 radical (unpaired) electrons. The lowest BCUT2D eigenvalue weighted by atomic mass is 9.96. The van der Waals surface area contributed by atoms with Gasteiger partial charge in [0.1, 0.15) is 0 Å². The van der Waals surface area contributed by atoms with Gasteiger partial charge in [-0.3, -0.25) is 0 Å². The summed E-state index contributed by atoms with van der Waals surface area (Å²) in [6, 6.07) is 6.99. The highest BCUT2D eigenvalue weighted by molar-refractivity contribution is 5.33. The molecule has 0 heterocycles. The van der Waals surface area contributed by atoms with Gasteiger partial charge >= 0.3 is 0 Å². The van der Waals surface area contributed by atoms with E-state index >= 15 is 0 Å². The molecule has 0 saturated heterocycles. The van der Waals surface area contributed by atoms with Gasteiger partial charge in [0.25, 0.3) is 0 Å². The Morgan fingerprint density at radius 3 is 2.42 bits per heavy atom. The summed E-state index contributed by atoms with van der Waals surface area (Å²) in [7, 11) is 0. The first-order valence-corrected chi connectivity index (χ1v) is 8.01. The van der Waals surface area contributed by atoms with Crippen molar-refractivity contribution in [3.05, 3.63) is 34.9 Å². The van der Waals surface area contributed by atoms with Crippen molar-refractivity contribution in [2.24, 2.45) is 0 Å². The Kier molecular flexibility index (Phi) is 7.81. The zero-order chi connectivity index (χ0) is 14.1. The molecule has 0 aromatic heterocycles. The largest absolute Gasteiger partial charge is 0.313 e. The zero-order valence-corrected chi connectivity index (χ0v) is 13.3. The van der Waals surface area contributed by atoms with Crippen LogP contribution in [-0.2, 0) is 13.0 Å². The van der Waals surface area contributed by atoms with Crippen LogP contribution in [0.15, 0.2) is 18.2 Å². The summed E-state index contributed by atoms with van der Waals surface area (Å²) in [5.74, 6) is 0.626. The molecule has 0 unspecified atom stereocenters. The van der Waals surface area contributed by atoms with Gasteiger partial charge in [0.05, 0.1) is 0 Å². The van der Waals surface area contributed by atoms with E-state index in [0.29, 0.717) is 5.92 Å². The summed E-state index contributed by atoms with van der Waals surface area (Å²) in [5.41, 5.74) is 4.44. The number of rotatable bonds is 9. The second-order valence-electron chi connectivity index (χ2n) is 5.77. The lowest BCUT2D eigenvalue weighted by Crippen LogP contribution is -2.16. The molecule has 0 aliphatic rings. The number of unbranched alkanes of at least 4 members (excludes halogenated alkanes) is 3. The molecule has 0 bridgehead atoms. The fraction of sp³-hybridized carbons (Fsp3) is 0.667. The molecule has 1 N–H and O–H groups in total. The van der Waals surface area contributed by atoms with E-state index in [9.17, 15) is 0 Å². The normalized spacial score (nSPS) is 11.2. The van der Waals surface area contributed by atoms with E-state index in [1.807, 2.05) is 0 Å². The van der Waals surface area contributed by atoms with Crippen molar-refractivity contribution in [3.63, 3.8) is 0 Å². The predicted octanol–water partition coefficient (Wildman–Crippen LogP) is 5.04. The zero-order valence-electron chi connectivity index (χ0n) is 13.3. The van der Waals surface area contributed by atoms with Gasteiger partial charge in [-0.2, -0.15) is 0 Å². The van der Waals surface area contributed by atoms with E-state index in [2.05, 4.69) is 51.2 Å². The maximum atomic E-state index is 3.58. The summed E-state index contributed by atoms with van der Waals surface area (Å²) < 4.78 is 0. The van der Waals surface area contributed by atoms with Crippen LogP contribution in [-0.4, -0.2) is 6.54 Å². The number of hydrogen-bond donors (Lipinski definition) is 1. The van der Waals surface area contributed by atoms with Crippen LogP contribution in [0.1, 0.15) is 76.0 Å². The van der Waals surface area contributed by atoms with Gasteiger partial charge < -0.3 is 5.32 Å². The fourth-order valence-electron chi connectivity index (χ4n) is 2.41. The van der Waals surface area contributed by atoms with Crippen LogP contribution in [0, 0.1) is 0 Å². The predicted molar refractivity (Wildman–Crippen MR) is 85.8 cm³/mol. The molecular weight excluding hydrogens is 230 g/mol. The summed E-state index contributed by atoms with van der Waals surface area (Å²) in [6.07, 6.45) is 6.48. The van der Waals surface area contributed by atoms with Crippen molar-refractivity contribution < 1.29 is 0 Å². The number of aryl methyl sites for hydroxylation is 1. The van der Waals surface area contributed by atoms with Crippen LogP contribution in [0.3, 0.4) is 0 Å². The Balaban J connectivity index is 2.44. The fourth-order valence-corrected chi connectivity index (χ4v) is 2.41. The molecule has 0 amide bonds. The van der Waals surface area contributed by atoms with Crippen molar-refractivity contribution in [1.82, 2.24) is 5.32 Å². The van der Waals surface area contributed by atoms with Crippen LogP contribution in [0.25, 0.3) is 0 Å². The van der Waals surface area contributed by atoms with Gasteiger partial charge in [0.15, 0.2) is 0 Å². The van der Waals surface area contributed by atoms with Crippen molar-refractivity contribution in [2.45, 2.75) is 72.3 Å². The molecule has 1 nitrogen and oxygen atoms in total. The standard InChI is InChI=1S/C18H31N/c1-5-7-8-9-12-19-14-18-11-10-17(15(3)4)13-16(18)6-2/h10-11,13,15,19H,5-9,12,14H2,1-4H3. The Hall–Kier alpha value is -0.820. The number of hydrogen-bond acceptors (Lipinski definition) is 1. The highest BCUT2D eigenvalue weighted by Crippen LogP contribution is 2.19. The molecule has 19 heavy (non-hydrogen) atoms. The molecule has 0 fully saturated rings. The molecule has 0 aliphatic heterocycles. The number of benzene rings is 1. The smallest absolute Gasteiger partial charge is 0.0208 e. The highest BCUT2D eigenvalue weighted by atomic mass is 14.8. The Morgan fingerprint density at radius 2 is 1.79 bits per heavy atom. The highest BCUT2D eigenvalue weighted by Gasteiger charge is 2.04. The van der Waals surface area contributed by atoms with Crippen LogP contribution in [0.5, 0.6) is 0 Å². The molecule has 1 rings (SSSR count). The molecule has 0 aliphatic carbocycles. The third kappa shape index (κ3) is 5.78. The van der Waals surface area contributed by atoms with E-state index in [1.54, 1.807) is 0 Å². The SMILES string of the molecule is CCCCCCNCc1ccc(C(C)C)cc1CC. The molecular formula is C18H31N. The average Bonchev–Trinajstić information content (AvgIpc) is 2.42. The van der Waals surface area contributed by atoms with Crippen LogP contribution < -0.4 is 5.32 Å². The van der Waals surface area contributed by atoms with Gasteiger partial charge in [0, 0.05) is 6.54 Å². The topological polar surface area (TPSA) is 12.0 Å².